The summed E-state index contributed by atoms with van der Waals surface area (Å²) in [4.78, 5) is 12.6. The number of aliphatic carboxylic acids is 1. The fourth-order valence-corrected chi connectivity index (χ4v) is 11.8. The number of hydrogen-bond acceptors (Lipinski definition) is 36. The lowest BCUT2D eigenvalue weighted by Gasteiger charge is -2.50. The van der Waals surface area contributed by atoms with E-state index in [4.69, 9.17) is 66.3 Å². The van der Waals surface area contributed by atoms with E-state index in [2.05, 4.69) is 5.32 Å². The topological polar surface area (TPSA) is 583 Å². The first-order valence-electron chi connectivity index (χ1n) is 28.3. The van der Waals surface area contributed by atoms with Gasteiger partial charge in [0.25, 0.3) is 0 Å². The molecule has 37 nitrogen and oxygen atoms in total. The Morgan fingerprint density at radius 2 is 0.523 bits per heavy atom. The van der Waals surface area contributed by atoms with Crippen LogP contribution in [0.5, 0.6) is 0 Å². The van der Waals surface area contributed by atoms with E-state index in [-0.39, 0.29) is 6.42 Å². The van der Waals surface area contributed by atoms with Crippen molar-refractivity contribution >= 4 is 5.97 Å². The number of nitrogens with one attached hydrogen (secondary N) is 1. The minimum atomic E-state index is -2.28. The molecule has 21 aliphatic heterocycles. The Kier molecular flexibility index (Phi) is 23.8. The monoisotopic (exact) mass is 1280 g/mol. The van der Waals surface area contributed by atoms with Gasteiger partial charge in [-0.25, -0.2) is 0 Å². The molecule has 22 rings (SSSR count). The molecule has 21 fully saturated rings. The third-order valence-electron chi connectivity index (χ3n) is 16.7. The standard InChI is InChI=1S/C51H79NO36/c53-8-17-38-25(61)32(68)47(77-17)85-40-19(10-55)79-49(34(70)27(40)63)87-42-21(12-57)81-51(36(72)29(42)65)88-43-22(13-58)80-50(35(71)28(43)64)86-41-20(11-56)78-48(33(69)26(41)62)84-39-18(9-54)76-46(31(67)24(39)60)82-37-16(75-45(83-38)30(66)23(37)59)7-52-15(44(73)74)6-14-4-2-1-3-5-14/h1-5,15-43,45-72H,6-13H2,(H,73,74)/t15-,16-,17-,18-,19-,20-,21-,22-,23-,24-,25-,26-,27-,28-,29-,30-,31-,32+,33-,34+,35-,36-,37-,38-,39-,40-,41-,42-,43-,45-,46-,47-,48-,49-,50-,51-/m1/s1. The minimum absolute atomic E-state index is 0.139. The van der Waals surface area contributed by atoms with Gasteiger partial charge in [0, 0.05) is 6.54 Å². The third-order valence-corrected chi connectivity index (χ3v) is 16.7. The maximum Gasteiger partial charge on any atom is 0.321 e. The number of aliphatic hydroxyl groups excluding tert-OH is 20. The van der Waals surface area contributed by atoms with Gasteiger partial charge in [-0.15, -0.1) is 0 Å². The predicted octanol–water partition coefficient (Wildman–Crippen LogP) is -13.9. The first-order chi connectivity index (χ1) is 42.0. The highest BCUT2D eigenvalue weighted by atomic mass is 16.8. The Labute approximate surface area is 498 Å². The van der Waals surface area contributed by atoms with Gasteiger partial charge in [0.2, 0.25) is 0 Å². The van der Waals surface area contributed by atoms with Gasteiger partial charge in [0.15, 0.2) is 44.0 Å². The maximum absolute atomic E-state index is 12.6. The average molecular weight is 1280 g/mol. The molecule has 36 atom stereocenters. The van der Waals surface area contributed by atoms with E-state index >= 15 is 0 Å². The highest BCUT2D eigenvalue weighted by Gasteiger charge is 2.59. The summed E-state index contributed by atoms with van der Waals surface area (Å²) in [6.07, 6.45) is -71.8. The van der Waals surface area contributed by atoms with Crippen molar-refractivity contribution in [2.24, 2.45) is 0 Å². The quantitative estimate of drug-likeness (QED) is 0.0924. The molecule has 21 heterocycles. The van der Waals surface area contributed by atoms with E-state index in [9.17, 15) is 112 Å². The highest BCUT2D eigenvalue weighted by Crippen LogP contribution is 2.39. The van der Waals surface area contributed by atoms with Crippen LogP contribution in [0, 0.1) is 0 Å². The van der Waals surface area contributed by atoms with Crippen LogP contribution in [0.3, 0.4) is 0 Å². The van der Waals surface area contributed by atoms with E-state index < -0.39 is 273 Å². The van der Waals surface area contributed by atoms with Crippen LogP contribution in [0.15, 0.2) is 30.3 Å². The Hall–Kier alpha value is -2.71. The van der Waals surface area contributed by atoms with Crippen molar-refractivity contribution < 1.29 is 178 Å². The Morgan fingerprint density at radius 3 is 0.727 bits per heavy atom. The van der Waals surface area contributed by atoms with E-state index in [0.29, 0.717) is 5.56 Å². The van der Waals surface area contributed by atoms with E-state index in [0.717, 1.165) is 0 Å². The predicted molar refractivity (Wildman–Crippen MR) is 271 cm³/mol. The number of benzene rings is 1. The van der Waals surface area contributed by atoms with Crippen molar-refractivity contribution in [3.8, 4) is 0 Å². The zero-order chi connectivity index (χ0) is 63.7. The number of carbonyl (C=O) groups is 1. The first kappa shape index (κ1) is 69.6. The summed E-state index contributed by atoms with van der Waals surface area (Å²) in [6, 6.07) is 6.86. The van der Waals surface area contributed by atoms with Crippen molar-refractivity contribution in [3.63, 3.8) is 0 Å². The summed E-state index contributed by atoms with van der Waals surface area (Å²) < 4.78 is 81.1. The first-order valence-corrected chi connectivity index (χ1v) is 28.3. The molecule has 0 saturated carbocycles. The summed E-state index contributed by atoms with van der Waals surface area (Å²) in [7, 11) is 0. The van der Waals surface area contributed by atoms with Crippen LogP contribution in [0.1, 0.15) is 5.56 Å². The molecule has 21 aliphatic rings. The molecule has 14 bridgehead atoms. The van der Waals surface area contributed by atoms with Crippen LogP contribution in [0.4, 0.5) is 0 Å². The summed E-state index contributed by atoms with van der Waals surface area (Å²) >= 11 is 0. The van der Waals surface area contributed by atoms with Gasteiger partial charge in [0.1, 0.15) is 177 Å². The average Bonchev–Trinajstić information content (AvgIpc) is 0.981. The second kappa shape index (κ2) is 30.1. The summed E-state index contributed by atoms with van der Waals surface area (Å²) in [5.74, 6) is -1.38. The number of ether oxygens (including phenoxy) is 14. The molecule has 1 aromatic rings. The van der Waals surface area contributed by atoms with E-state index in [1.165, 1.54) is 0 Å². The molecule has 1 aromatic carbocycles. The fraction of sp³-hybridized carbons (Fsp3) is 0.863. The fourth-order valence-electron chi connectivity index (χ4n) is 11.8. The van der Waals surface area contributed by atoms with Gasteiger partial charge in [-0.05, 0) is 12.0 Å². The molecule has 37 heteroatoms. The number of carboxylic acid groups (broad SMARTS) is 1. The molecule has 0 aromatic heterocycles. The second-order valence-electron chi connectivity index (χ2n) is 22.5. The van der Waals surface area contributed by atoms with Crippen LogP contribution in [0.2, 0.25) is 0 Å². The largest absolute Gasteiger partial charge is 0.480 e. The normalized spacial score (nSPS) is 50.2. The van der Waals surface area contributed by atoms with Crippen LogP contribution in [-0.4, -0.2) is 380 Å². The number of aliphatic hydroxyl groups is 20. The lowest BCUT2D eigenvalue weighted by atomic mass is 9.95. The van der Waals surface area contributed by atoms with Gasteiger partial charge < -0.3 is 179 Å². The van der Waals surface area contributed by atoms with Crippen LogP contribution in [-0.2, 0) is 77.5 Å². The van der Waals surface area contributed by atoms with Gasteiger partial charge in [-0.3, -0.25) is 4.79 Å². The highest BCUT2D eigenvalue weighted by molar-refractivity contribution is 5.73. The van der Waals surface area contributed by atoms with Gasteiger partial charge in [0.05, 0.1) is 39.6 Å². The molecule has 0 aliphatic carbocycles. The number of hydrogen-bond donors (Lipinski definition) is 22. The number of carboxylic acids is 1. The molecule has 88 heavy (non-hydrogen) atoms. The summed E-state index contributed by atoms with van der Waals surface area (Å²) in [5.41, 5.74) is 0.550. The van der Waals surface area contributed by atoms with Crippen molar-refractivity contribution in [1.82, 2.24) is 5.32 Å². The van der Waals surface area contributed by atoms with Crippen molar-refractivity contribution in [2.45, 2.75) is 227 Å². The Morgan fingerprint density at radius 1 is 0.318 bits per heavy atom. The molecule has 504 valence electrons. The zero-order valence-electron chi connectivity index (χ0n) is 46.3. The molecular weight excluding hydrogens is 1200 g/mol. The molecule has 0 amide bonds. The molecule has 0 radical (unpaired) electrons. The SMILES string of the molecule is O=C(O)[C@@H](Cc1ccccc1)NC[C@H]1O[C@@H]2O[C@H]3[C@H](O)[C@H](O)[C@@H](O[C@H]4[C@H](O)[C@H](O)[C@@H](O[C@H]5[C@H](O)[C@@H](O)[C@@H](O[C@H]6[C@H](O)[C@@H](O)[C@@H](O[C@H]7[C@H](O)[C@@H](O)[C@@H](O[C@H]8[C@H](O)[C@@H](O)[C@@H](O[C@H]1[C@H](O)[C@H]2O)O[C@@H]8CO)O[C@@H]7CO)O[C@@H]6CO)O[C@@H]5CO)O[C@@H]4CO)O[C@@H]3CO. The minimum Gasteiger partial charge on any atom is -0.480 e. The van der Waals surface area contributed by atoms with Gasteiger partial charge in [-0.2, -0.15) is 0 Å². The summed E-state index contributed by atoms with van der Waals surface area (Å²) in [5, 5.41) is 237. The van der Waals surface area contributed by atoms with Crippen molar-refractivity contribution in [2.75, 3.05) is 46.2 Å². The third kappa shape index (κ3) is 14.3. The van der Waals surface area contributed by atoms with E-state index in [1.54, 1.807) is 30.3 Å². The lowest BCUT2D eigenvalue weighted by Crippen LogP contribution is -2.68. The smallest absolute Gasteiger partial charge is 0.321 e. The lowest BCUT2D eigenvalue weighted by molar-refractivity contribution is -0.396. The molecule has 21 saturated heterocycles. The molecule has 22 N–H and O–H groups in total. The summed E-state index contributed by atoms with van der Waals surface area (Å²) in [6.45, 7) is -7.07. The Bertz CT molecular complexity index is 2310. The van der Waals surface area contributed by atoms with Crippen LogP contribution < -0.4 is 5.32 Å². The maximum atomic E-state index is 12.6. The van der Waals surface area contributed by atoms with Crippen molar-refractivity contribution in [1.29, 1.82) is 0 Å². The Balaban J connectivity index is 1.02. The molecule has 0 spiro atoms. The number of rotatable bonds is 12. The van der Waals surface area contributed by atoms with Gasteiger partial charge in [-0.1, -0.05) is 30.3 Å². The second-order valence-corrected chi connectivity index (χ2v) is 22.5. The van der Waals surface area contributed by atoms with E-state index in [1.807, 2.05) is 0 Å². The van der Waals surface area contributed by atoms with Crippen molar-refractivity contribution in [3.05, 3.63) is 35.9 Å². The van der Waals surface area contributed by atoms with Crippen LogP contribution in [0.25, 0.3) is 0 Å². The zero-order valence-corrected chi connectivity index (χ0v) is 46.3. The molecular formula is C51H79NO36. The van der Waals surface area contributed by atoms with Crippen LogP contribution >= 0.6 is 0 Å². The van der Waals surface area contributed by atoms with Gasteiger partial charge >= 0.3 is 5.97 Å². The molecule has 0 unspecified atom stereocenters.